The topological polar surface area (TPSA) is 84.9 Å². The lowest BCUT2D eigenvalue weighted by atomic mass is 10.2. The highest BCUT2D eigenvalue weighted by molar-refractivity contribution is 7.89. The second kappa shape index (κ2) is 10.2. The third-order valence-corrected chi connectivity index (χ3v) is 6.29. The van der Waals surface area contributed by atoms with Crippen molar-refractivity contribution < 1.29 is 27.1 Å². The minimum absolute atomic E-state index is 0.122. The number of halogens is 1. The SMILES string of the molecule is CCN(CC)S(=O)(=O)c1ccc(F)c(C(=O)NCCOc2ccc(OC)cc2)c1. The maximum atomic E-state index is 14.1. The molecule has 9 heteroatoms. The summed E-state index contributed by atoms with van der Waals surface area (Å²) in [7, 11) is -2.23. The molecule has 2 aromatic carbocycles. The van der Waals surface area contributed by atoms with Gasteiger partial charge in [0, 0.05) is 13.1 Å². The number of sulfonamides is 1. The zero-order chi connectivity index (χ0) is 21.4. The lowest BCUT2D eigenvalue weighted by molar-refractivity contribution is 0.0942. The molecule has 0 atom stereocenters. The summed E-state index contributed by atoms with van der Waals surface area (Å²) in [5.74, 6) is -0.214. The molecule has 0 saturated heterocycles. The molecule has 0 bridgehead atoms. The van der Waals surface area contributed by atoms with E-state index in [1.807, 2.05) is 0 Å². The second-order valence-electron chi connectivity index (χ2n) is 6.01. The zero-order valence-corrected chi connectivity index (χ0v) is 17.5. The van der Waals surface area contributed by atoms with Gasteiger partial charge in [0.2, 0.25) is 10.0 Å². The Bertz CT molecular complexity index is 928. The Kier molecular flexibility index (Phi) is 7.98. The van der Waals surface area contributed by atoms with Gasteiger partial charge in [-0.3, -0.25) is 4.79 Å². The van der Waals surface area contributed by atoms with E-state index < -0.39 is 21.7 Å². The van der Waals surface area contributed by atoms with Crippen molar-refractivity contribution in [3.05, 3.63) is 53.8 Å². The molecule has 0 aliphatic rings. The fourth-order valence-corrected chi connectivity index (χ4v) is 4.14. The van der Waals surface area contributed by atoms with Crippen LogP contribution in [0.4, 0.5) is 4.39 Å². The Balaban J connectivity index is 2.01. The first-order chi connectivity index (χ1) is 13.8. The van der Waals surface area contributed by atoms with Gasteiger partial charge < -0.3 is 14.8 Å². The monoisotopic (exact) mass is 424 g/mol. The molecule has 2 rings (SSSR count). The molecule has 0 radical (unpaired) electrons. The first kappa shape index (κ1) is 22.6. The van der Waals surface area contributed by atoms with Crippen LogP contribution < -0.4 is 14.8 Å². The number of hydrogen-bond donors (Lipinski definition) is 1. The van der Waals surface area contributed by atoms with Gasteiger partial charge in [0.25, 0.3) is 5.91 Å². The summed E-state index contributed by atoms with van der Waals surface area (Å²) in [5.41, 5.74) is -0.331. The van der Waals surface area contributed by atoms with E-state index in [1.165, 1.54) is 4.31 Å². The molecular weight excluding hydrogens is 399 g/mol. The van der Waals surface area contributed by atoms with Crippen LogP contribution in [0.25, 0.3) is 0 Å². The molecular formula is C20H25FN2O5S. The smallest absolute Gasteiger partial charge is 0.254 e. The molecule has 29 heavy (non-hydrogen) atoms. The number of benzene rings is 2. The van der Waals surface area contributed by atoms with Crippen LogP contribution in [0.2, 0.25) is 0 Å². The normalized spacial score (nSPS) is 11.3. The lowest BCUT2D eigenvalue weighted by Gasteiger charge is -2.19. The first-order valence-electron chi connectivity index (χ1n) is 9.18. The molecule has 0 heterocycles. The van der Waals surface area contributed by atoms with Crippen molar-refractivity contribution in [3.8, 4) is 11.5 Å². The van der Waals surface area contributed by atoms with E-state index in [2.05, 4.69) is 5.32 Å². The van der Waals surface area contributed by atoms with Gasteiger partial charge in [-0.25, -0.2) is 12.8 Å². The molecule has 1 amide bonds. The highest BCUT2D eigenvalue weighted by Gasteiger charge is 2.24. The predicted molar refractivity (Wildman–Crippen MR) is 107 cm³/mol. The highest BCUT2D eigenvalue weighted by Crippen LogP contribution is 2.19. The Morgan fingerprint density at radius 3 is 2.28 bits per heavy atom. The predicted octanol–water partition coefficient (Wildman–Crippen LogP) is 2.67. The van der Waals surface area contributed by atoms with Crippen LogP contribution in [0.3, 0.4) is 0 Å². The molecule has 0 unspecified atom stereocenters. The number of ether oxygens (including phenoxy) is 2. The summed E-state index contributed by atoms with van der Waals surface area (Å²) in [6.07, 6.45) is 0. The lowest BCUT2D eigenvalue weighted by Crippen LogP contribution is -2.32. The maximum absolute atomic E-state index is 14.1. The van der Waals surface area contributed by atoms with Gasteiger partial charge in [0.05, 0.1) is 24.1 Å². The zero-order valence-electron chi connectivity index (χ0n) is 16.6. The Morgan fingerprint density at radius 1 is 1.07 bits per heavy atom. The van der Waals surface area contributed by atoms with Crippen molar-refractivity contribution in [1.82, 2.24) is 9.62 Å². The molecule has 0 fully saturated rings. The van der Waals surface area contributed by atoms with E-state index in [4.69, 9.17) is 9.47 Å². The Morgan fingerprint density at radius 2 is 1.69 bits per heavy atom. The summed E-state index contributed by atoms with van der Waals surface area (Å²) in [5, 5.41) is 2.53. The van der Waals surface area contributed by atoms with Crippen LogP contribution in [0, 0.1) is 5.82 Å². The number of carbonyl (C=O) groups excluding carboxylic acids is 1. The van der Waals surface area contributed by atoms with Crippen molar-refractivity contribution in [3.63, 3.8) is 0 Å². The van der Waals surface area contributed by atoms with Gasteiger partial charge in [-0.2, -0.15) is 4.31 Å². The van der Waals surface area contributed by atoms with E-state index >= 15 is 0 Å². The number of nitrogens with one attached hydrogen (secondary N) is 1. The number of amides is 1. The van der Waals surface area contributed by atoms with E-state index in [0.717, 1.165) is 18.2 Å². The molecule has 158 valence electrons. The van der Waals surface area contributed by atoms with Crippen LogP contribution in [0.15, 0.2) is 47.4 Å². The summed E-state index contributed by atoms with van der Waals surface area (Å²) < 4.78 is 51.1. The van der Waals surface area contributed by atoms with Gasteiger partial charge in [0.15, 0.2) is 0 Å². The maximum Gasteiger partial charge on any atom is 0.254 e. The minimum Gasteiger partial charge on any atom is -0.497 e. The van der Waals surface area contributed by atoms with Gasteiger partial charge in [-0.1, -0.05) is 13.8 Å². The summed E-state index contributed by atoms with van der Waals surface area (Å²) in [6.45, 7) is 4.26. The van der Waals surface area contributed by atoms with Crippen LogP contribution >= 0.6 is 0 Å². The van der Waals surface area contributed by atoms with Crippen LogP contribution in [-0.4, -0.2) is 52.0 Å². The van der Waals surface area contributed by atoms with Crippen molar-refractivity contribution in [2.24, 2.45) is 0 Å². The number of methoxy groups -OCH3 is 1. The third kappa shape index (κ3) is 5.68. The van der Waals surface area contributed by atoms with Gasteiger partial charge >= 0.3 is 0 Å². The summed E-state index contributed by atoms with van der Waals surface area (Å²) in [4.78, 5) is 12.2. The van der Waals surface area contributed by atoms with Crippen molar-refractivity contribution in [1.29, 1.82) is 0 Å². The molecule has 0 aliphatic heterocycles. The average molecular weight is 424 g/mol. The fraction of sp³-hybridized carbons (Fsp3) is 0.350. The standard InChI is InChI=1S/C20H25FN2O5S/c1-4-23(5-2)29(25,26)17-10-11-19(21)18(14-17)20(24)22-12-13-28-16-8-6-15(27-3)7-9-16/h6-11,14H,4-5,12-13H2,1-3H3,(H,22,24). The van der Waals surface area contributed by atoms with Crippen LogP contribution in [0.1, 0.15) is 24.2 Å². The van der Waals surface area contributed by atoms with E-state index in [0.29, 0.717) is 11.5 Å². The van der Waals surface area contributed by atoms with Crippen LogP contribution in [0.5, 0.6) is 11.5 Å². The van der Waals surface area contributed by atoms with Crippen LogP contribution in [-0.2, 0) is 10.0 Å². The van der Waals surface area contributed by atoms with Gasteiger partial charge in [-0.05, 0) is 42.5 Å². The Labute approximate surface area is 170 Å². The number of rotatable bonds is 10. The molecule has 0 spiro atoms. The molecule has 7 nitrogen and oxygen atoms in total. The van der Waals surface area contributed by atoms with E-state index in [-0.39, 0.29) is 36.7 Å². The molecule has 0 aromatic heterocycles. The van der Waals surface area contributed by atoms with Crippen molar-refractivity contribution in [2.45, 2.75) is 18.7 Å². The van der Waals surface area contributed by atoms with Gasteiger partial charge in [0.1, 0.15) is 23.9 Å². The summed E-state index contributed by atoms with van der Waals surface area (Å²) >= 11 is 0. The molecule has 2 aromatic rings. The number of nitrogens with zero attached hydrogens (tertiary/aromatic N) is 1. The quantitative estimate of drug-likeness (QED) is 0.593. The average Bonchev–Trinajstić information content (AvgIpc) is 2.72. The fourth-order valence-electron chi connectivity index (χ4n) is 2.65. The second-order valence-corrected chi connectivity index (χ2v) is 7.95. The Hall–Kier alpha value is -2.65. The highest BCUT2D eigenvalue weighted by atomic mass is 32.2. The summed E-state index contributed by atoms with van der Waals surface area (Å²) in [6, 6.07) is 10.1. The molecule has 1 N–H and O–H groups in total. The number of hydrogen-bond acceptors (Lipinski definition) is 5. The van der Waals surface area contributed by atoms with E-state index in [1.54, 1.807) is 45.2 Å². The van der Waals surface area contributed by atoms with E-state index in [9.17, 15) is 17.6 Å². The molecule has 0 aliphatic carbocycles. The number of carbonyl (C=O) groups is 1. The largest absolute Gasteiger partial charge is 0.497 e. The van der Waals surface area contributed by atoms with Gasteiger partial charge in [-0.15, -0.1) is 0 Å². The van der Waals surface area contributed by atoms with Crippen molar-refractivity contribution in [2.75, 3.05) is 33.4 Å². The molecule has 0 saturated carbocycles. The first-order valence-corrected chi connectivity index (χ1v) is 10.6. The van der Waals surface area contributed by atoms with Crippen molar-refractivity contribution >= 4 is 15.9 Å². The third-order valence-electron chi connectivity index (χ3n) is 4.24. The minimum atomic E-state index is -3.79.